The lowest BCUT2D eigenvalue weighted by Gasteiger charge is -2.20. The predicted molar refractivity (Wildman–Crippen MR) is 188 cm³/mol. The molecule has 0 unspecified atom stereocenters. The van der Waals surface area contributed by atoms with E-state index in [2.05, 4.69) is 86.6 Å². The lowest BCUT2D eigenvalue weighted by molar-refractivity contribution is 0.555. The fraction of sp³-hybridized carbons (Fsp3) is 0.571. The van der Waals surface area contributed by atoms with E-state index < -0.39 is 0 Å². The quantitative estimate of drug-likeness (QED) is 0.0946. The summed E-state index contributed by atoms with van der Waals surface area (Å²) >= 11 is 0. The second-order valence-electron chi connectivity index (χ2n) is 12.7. The van der Waals surface area contributed by atoms with Gasteiger partial charge in [-0.2, -0.15) is 0 Å². The molecule has 0 saturated heterocycles. The van der Waals surface area contributed by atoms with Crippen molar-refractivity contribution in [2.75, 3.05) is 0 Å². The third-order valence-corrected chi connectivity index (χ3v) is 9.13. The molecule has 3 rings (SSSR count). The highest BCUT2D eigenvalue weighted by molar-refractivity contribution is 5.81. The molecule has 0 saturated carbocycles. The summed E-state index contributed by atoms with van der Waals surface area (Å²) in [6.45, 7) is 4.61. The van der Waals surface area contributed by atoms with Crippen LogP contribution in [0.25, 0.3) is 22.3 Å². The highest BCUT2D eigenvalue weighted by Gasteiger charge is 2.16. The summed E-state index contributed by atoms with van der Waals surface area (Å²) in [5.41, 5.74) is 8.88. The van der Waals surface area contributed by atoms with Gasteiger partial charge in [0.15, 0.2) is 0 Å². The van der Waals surface area contributed by atoms with Crippen molar-refractivity contribution in [1.82, 2.24) is 0 Å². The van der Waals surface area contributed by atoms with Crippen LogP contribution in [0, 0.1) is 0 Å². The normalized spacial score (nSPS) is 11.3. The van der Waals surface area contributed by atoms with Crippen molar-refractivity contribution < 1.29 is 0 Å². The maximum absolute atomic E-state index is 2.46. The average molecular weight is 567 g/mol. The van der Waals surface area contributed by atoms with Crippen LogP contribution in [-0.4, -0.2) is 0 Å². The van der Waals surface area contributed by atoms with Crippen molar-refractivity contribution in [3.05, 3.63) is 83.9 Å². The maximum Gasteiger partial charge on any atom is -0.0114 e. The van der Waals surface area contributed by atoms with Crippen LogP contribution in [-0.2, 0) is 12.8 Å². The van der Waals surface area contributed by atoms with Gasteiger partial charge in [-0.1, -0.05) is 202 Å². The van der Waals surface area contributed by atoms with Crippen LogP contribution >= 0.6 is 0 Å². The molecule has 0 heteroatoms. The molecule has 0 heterocycles. The molecule has 0 atom stereocenters. The Labute approximate surface area is 260 Å². The van der Waals surface area contributed by atoms with Gasteiger partial charge in [0, 0.05) is 0 Å². The Morgan fingerprint density at radius 3 is 1.24 bits per heavy atom. The molecule has 3 aromatic rings. The van der Waals surface area contributed by atoms with E-state index in [4.69, 9.17) is 0 Å². The monoisotopic (exact) mass is 566 g/mol. The Balaban J connectivity index is 1.64. The molecule has 0 spiro atoms. The standard InChI is InChI=1S/C42H62/c1-3-5-7-9-11-13-15-17-19-23-33-39-35-36-40(37-29-24-21-25-30-37)41(42(39)38-31-26-22-27-32-38)34-28-20-18-16-14-12-10-8-6-4-2/h21-22,24-27,29-32,35-36H,3-20,23,28,33-34H2,1-2H3. The summed E-state index contributed by atoms with van der Waals surface area (Å²) in [6, 6.07) is 27.3. The van der Waals surface area contributed by atoms with Gasteiger partial charge in [0.25, 0.3) is 0 Å². The second-order valence-corrected chi connectivity index (χ2v) is 12.7. The molecule has 0 aliphatic carbocycles. The zero-order valence-corrected chi connectivity index (χ0v) is 27.5. The zero-order chi connectivity index (χ0) is 29.5. The fourth-order valence-electron chi connectivity index (χ4n) is 6.61. The number of hydrogen-bond donors (Lipinski definition) is 0. The molecule has 3 aromatic carbocycles. The number of hydrogen-bond acceptors (Lipinski definition) is 0. The van der Waals surface area contributed by atoms with E-state index in [-0.39, 0.29) is 0 Å². The van der Waals surface area contributed by atoms with E-state index in [0.29, 0.717) is 0 Å². The zero-order valence-electron chi connectivity index (χ0n) is 27.5. The highest BCUT2D eigenvalue weighted by Crippen LogP contribution is 2.37. The first-order valence-electron chi connectivity index (χ1n) is 18.1. The number of unbranched alkanes of at least 4 members (excludes halogenated alkanes) is 18. The van der Waals surface area contributed by atoms with Gasteiger partial charge in [0.05, 0.1) is 0 Å². The van der Waals surface area contributed by atoms with Crippen LogP contribution in [0.1, 0.15) is 153 Å². The molecule has 0 aromatic heterocycles. The largest absolute Gasteiger partial charge is 0.0654 e. The summed E-state index contributed by atoms with van der Waals surface area (Å²) in [5.74, 6) is 0. The summed E-state index contributed by atoms with van der Waals surface area (Å²) < 4.78 is 0. The van der Waals surface area contributed by atoms with Crippen LogP contribution in [0.3, 0.4) is 0 Å². The van der Waals surface area contributed by atoms with Crippen LogP contribution in [0.4, 0.5) is 0 Å². The van der Waals surface area contributed by atoms with Gasteiger partial charge in [-0.25, -0.2) is 0 Å². The average Bonchev–Trinajstić information content (AvgIpc) is 3.03. The molecule has 0 bridgehead atoms. The molecule has 0 N–H and O–H groups in total. The number of benzene rings is 3. The van der Waals surface area contributed by atoms with Gasteiger partial charge in [-0.05, 0) is 59.1 Å². The van der Waals surface area contributed by atoms with E-state index in [1.165, 1.54) is 164 Å². The molecule has 0 fully saturated rings. The van der Waals surface area contributed by atoms with Gasteiger partial charge in [-0.15, -0.1) is 0 Å². The maximum atomic E-state index is 2.46. The van der Waals surface area contributed by atoms with Gasteiger partial charge in [-0.3, -0.25) is 0 Å². The molecule has 0 aliphatic rings. The molecule has 230 valence electrons. The van der Waals surface area contributed by atoms with Crippen molar-refractivity contribution in [3.8, 4) is 22.3 Å². The van der Waals surface area contributed by atoms with Crippen molar-refractivity contribution in [1.29, 1.82) is 0 Å². The smallest absolute Gasteiger partial charge is 0.0114 e. The second kappa shape index (κ2) is 22.2. The fourth-order valence-corrected chi connectivity index (χ4v) is 6.61. The Kier molecular flexibility index (Phi) is 18.1. The van der Waals surface area contributed by atoms with Crippen molar-refractivity contribution in [2.45, 2.75) is 155 Å². The lowest BCUT2D eigenvalue weighted by Crippen LogP contribution is -2.01. The van der Waals surface area contributed by atoms with Gasteiger partial charge in [0.1, 0.15) is 0 Å². The summed E-state index contributed by atoms with van der Waals surface area (Å²) in [5, 5.41) is 0. The minimum atomic E-state index is 1.18. The predicted octanol–water partition coefficient (Wildman–Crippen LogP) is 13.9. The van der Waals surface area contributed by atoms with Gasteiger partial charge < -0.3 is 0 Å². The minimum absolute atomic E-state index is 1.18. The molecule has 0 amide bonds. The van der Waals surface area contributed by atoms with Crippen molar-refractivity contribution in [3.63, 3.8) is 0 Å². The van der Waals surface area contributed by atoms with Crippen molar-refractivity contribution in [2.24, 2.45) is 0 Å². The van der Waals surface area contributed by atoms with E-state index in [9.17, 15) is 0 Å². The van der Waals surface area contributed by atoms with E-state index >= 15 is 0 Å². The Morgan fingerprint density at radius 1 is 0.357 bits per heavy atom. The molecular formula is C42H62. The summed E-state index contributed by atoms with van der Waals surface area (Å²) in [7, 11) is 0. The molecule has 0 nitrogen and oxygen atoms in total. The van der Waals surface area contributed by atoms with E-state index in [1.807, 2.05) is 0 Å². The first-order valence-corrected chi connectivity index (χ1v) is 18.1. The Hall–Kier alpha value is -2.34. The minimum Gasteiger partial charge on any atom is -0.0654 e. The first kappa shape index (κ1) is 34.2. The molecule has 42 heavy (non-hydrogen) atoms. The SMILES string of the molecule is CCCCCCCCCCCCc1ccc(-c2ccccc2)c(CCCCCCCCCCCC)c1-c1ccccc1. The van der Waals surface area contributed by atoms with Crippen LogP contribution < -0.4 is 0 Å². The van der Waals surface area contributed by atoms with Crippen LogP contribution in [0.5, 0.6) is 0 Å². The first-order chi connectivity index (χ1) is 20.8. The lowest BCUT2D eigenvalue weighted by atomic mass is 9.84. The Morgan fingerprint density at radius 2 is 0.762 bits per heavy atom. The third-order valence-electron chi connectivity index (χ3n) is 9.13. The van der Waals surface area contributed by atoms with Gasteiger partial charge in [0.2, 0.25) is 0 Å². The number of rotatable bonds is 24. The summed E-state index contributed by atoms with van der Waals surface area (Å²) in [4.78, 5) is 0. The van der Waals surface area contributed by atoms with E-state index in [1.54, 1.807) is 11.1 Å². The molecule has 0 radical (unpaired) electrons. The molecule has 0 aliphatic heterocycles. The highest BCUT2D eigenvalue weighted by atomic mass is 14.2. The topological polar surface area (TPSA) is 0 Å². The summed E-state index contributed by atoms with van der Waals surface area (Å²) in [6.07, 6.45) is 30.2. The van der Waals surface area contributed by atoms with Crippen molar-refractivity contribution >= 4 is 0 Å². The molecular weight excluding hydrogens is 504 g/mol. The number of aryl methyl sites for hydroxylation is 1. The van der Waals surface area contributed by atoms with Crippen LogP contribution in [0.15, 0.2) is 72.8 Å². The third kappa shape index (κ3) is 12.9. The van der Waals surface area contributed by atoms with Gasteiger partial charge >= 0.3 is 0 Å². The van der Waals surface area contributed by atoms with Crippen LogP contribution in [0.2, 0.25) is 0 Å². The van der Waals surface area contributed by atoms with E-state index in [0.717, 1.165) is 0 Å². The Bertz CT molecular complexity index is 1050.